The summed E-state index contributed by atoms with van der Waals surface area (Å²) >= 11 is 6.13. The number of carbonyl (C=O) groups is 2. The van der Waals surface area contributed by atoms with Crippen molar-refractivity contribution in [3.05, 3.63) is 28.7 Å². The number of benzene rings is 1. The van der Waals surface area contributed by atoms with Gasteiger partial charge in [0.05, 0.1) is 18.6 Å². The molecule has 8 heteroatoms. The molecule has 0 aliphatic carbocycles. The third-order valence-corrected chi connectivity index (χ3v) is 4.33. The third kappa shape index (κ3) is 4.02. The summed E-state index contributed by atoms with van der Waals surface area (Å²) in [7, 11) is 1.54. The number of aliphatic carboxylic acids is 1. The minimum Gasteiger partial charge on any atom is -0.493 e. The molecule has 0 unspecified atom stereocenters. The van der Waals surface area contributed by atoms with E-state index in [1.807, 2.05) is 6.92 Å². The first-order valence-electron chi connectivity index (χ1n) is 6.74. The first kappa shape index (κ1) is 17.3. The van der Waals surface area contributed by atoms with Crippen molar-refractivity contribution in [3.63, 3.8) is 0 Å². The molecule has 1 saturated heterocycles. The fraction of sp³-hybridized carbons (Fsp3) is 0.267. The Morgan fingerprint density at radius 3 is 2.78 bits per heavy atom. The van der Waals surface area contributed by atoms with Gasteiger partial charge in [-0.2, -0.15) is 0 Å². The molecular weight excluding hydrogens is 338 g/mol. The van der Waals surface area contributed by atoms with Crippen LogP contribution in [0.2, 0.25) is 0 Å². The van der Waals surface area contributed by atoms with Crippen molar-refractivity contribution in [1.82, 2.24) is 4.90 Å². The van der Waals surface area contributed by atoms with Gasteiger partial charge in [0.1, 0.15) is 10.9 Å². The largest absolute Gasteiger partial charge is 0.493 e. The molecule has 1 fully saturated rings. The lowest BCUT2D eigenvalue weighted by Gasteiger charge is -2.10. The van der Waals surface area contributed by atoms with Crippen LogP contribution in [0.1, 0.15) is 12.5 Å². The number of carboxylic acid groups (broad SMARTS) is 1. The lowest BCUT2D eigenvalue weighted by Crippen LogP contribution is -2.33. The van der Waals surface area contributed by atoms with Crippen LogP contribution >= 0.6 is 24.0 Å². The number of carboxylic acids is 1. The highest BCUT2D eigenvalue weighted by molar-refractivity contribution is 8.26. The Balaban J connectivity index is 2.26. The third-order valence-electron chi connectivity index (χ3n) is 2.95. The van der Waals surface area contributed by atoms with E-state index in [9.17, 15) is 9.59 Å². The molecular formula is C15H15NO5S2. The number of thioether (sulfide) groups is 1. The number of thiocarbonyl (C=S) groups is 1. The molecule has 0 saturated carbocycles. The molecule has 1 aliphatic heterocycles. The van der Waals surface area contributed by atoms with Crippen LogP contribution in [0.15, 0.2) is 23.1 Å². The molecule has 23 heavy (non-hydrogen) atoms. The maximum atomic E-state index is 12.2. The van der Waals surface area contributed by atoms with E-state index in [0.29, 0.717) is 23.0 Å². The van der Waals surface area contributed by atoms with Crippen LogP contribution < -0.4 is 9.47 Å². The zero-order chi connectivity index (χ0) is 17.0. The summed E-state index contributed by atoms with van der Waals surface area (Å²) in [6.07, 6.45) is 1.65. The quantitative estimate of drug-likeness (QED) is 0.621. The van der Waals surface area contributed by atoms with Gasteiger partial charge in [-0.05, 0) is 30.7 Å². The normalized spacial score (nSPS) is 16.1. The maximum Gasteiger partial charge on any atom is 0.323 e. The van der Waals surface area contributed by atoms with Gasteiger partial charge in [0.15, 0.2) is 11.5 Å². The van der Waals surface area contributed by atoms with E-state index in [2.05, 4.69) is 0 Å². The van der Waals surface area contributed by atoms with E-state index < -0.39 is 18.4 Å². The Morgan fingerprint density at radius 1 is 1.43 bits per heavy atom. The molecule has 0 spiro atoms. The summed E-state index contributed by atoms with van der Waals surface area (Å²) in [4.78, 5) is 24.4. The molecule has 2 rings (SSSR count). The number of hydrogen-bond acceptors (Lipinski definition) is 6. The van der Waals surface area contributed by atoms with Crippen molar-refractivity contribution in [2.45, 2.75) is 6.92 Å². The molecule has 6 nitrogen and oxygen atoms in total. The molecule has 1 N–H and O–H groups in total. The van der Waals surface area contributed by atoms with Gasteiger partial charge < -0.3 is 14.6 Å². The van der Waals surface area contributed by atoms with Crippen molar-refractivity contribution in [1.29, 1.82) is 0 Å². The zero-order valence-corrected chi connectivity index (χ0v) is 14.2. The zero-order valence-electron chi connectivity index (χ0n) is 12.6. The molecule has 0 bridgehead atoms. The number of rotatable bonds is 6. The fourth-order valence-electron chi connectivity index (χ4n) is 1.97. The van der Waals surface area contributed by atoms with Gasteiger partial charge in [0.2, 0.25) is 0 Å². The fourth-order valence-corrected chi connectivity index (χ4v) is 3.23. The van der Waals surface area contributed by atoms with Gasteiger partial charge in [-0.3, -0.25) is 14.5 Å². The van der Waals surface area contributed by atoms with Crippen molar-refractivity contribution in [2.24, 2.45) is 0 Å². The predicted octanol–water partition coefficient (Wildman–Crippen LogP) is 2.38. The van der Waals surface area contributed by atoms with E-state index in [0.717, 1.165) is 22.2 Å². The van der Waals surface area contributed by atoms with Crippen LogP contribution in [0.5, 0.6) is 11.5 Å². The van der Waals surface area contributed by atoms with Crippen LogP contribution in [0.3, 0.4) is 0 Å². The van der Waals surface area contributed by atoms with E-state index in [1.165, 1.54) is 7.11 Å². The van der Waals surface area contributed by atoms with Gasteiger partial charge >= 0.3 is 5.97 Å². The van der Waals surface area contributed by atoms with Crippen LogP contribution in [0.4, 0.5) is 0 Å². The predicted molar refractivity (Wildman–Crippen MR) is 91.7 cm³/mol. The number of methoxy groups -OCH3 is 1. The molecule has 0 radical (unpaired) electrons. The summed E-state index contributed by atoms with van der Waals surface area (Å²) in [6, 6.07) is 5.29. The number of amides is 1. The highest BCUT2D eigenvalue weighted by Crippen LogP contribution is 2.34. The second-order valence-electron chi connectivity index (χ2n) is 4.50. The first-order chi connectivity index (χ1) is 11.0. The topological polar surface area (TPSA) is 76.1 Å². The minimum atomic E-state index is -1.11. The lowest BCUT2D eigenvalue weighted by molar-refractivity contribution is -0.140. The second kappa shape index (κ2) is 7.47. The molecule has 1 aromatic rings. The summed E-state index contributed by atoms with van der Waals surface area (Å²) in [5, 5.41) is 8.82. The van der Waals surface area contributed by atoms with E-state index in [-0.39, 0.29) is 4.32 Å². The molecule has 122 valence electrons. The van der Waals surface area contributed by atoms with Crippen molar-refractivity contribution < 1.29 is 24.2 Å². The molecule has 1 aromatic carbocycles. The van der Waals surface area contributed by atoms with Crippen LogP contribution in [-0.4, -0.2) is 46.5 Å². The number of hydrogen-bond donors (Lipinski definition) is 1. The highest BCUT2D eigenvalue weighted by atomic mass is 32.2. The van der Waals surface area contributed by atoms with Crippen LogP contribution in [0, 0.1) is 0 Å². The Bertz CT molecular complexity index is 686. The van der Waals surface area contributed by atoms with Crippen LogP contribution in [0.25, 0.3) is 6.08 Å². The van der Waals surface area contributed by atoms with Crippen LogP contribution in [-0.2, 0) is 9.59 Å². The Labute approximate surface area is 143 Å². The van der Waals surface area contributed by atoms with Crippen molar-refractivity contribution in [2.75, 3.05) is 20.3 Å². The average Bonchev–Trinajstić information content (AvgIpc) is 2.76. The first-order valence-corrected chi connectivity index (χ1v) is 7.96. The van der Waals surface area contributed by atoms with Crippen molar-refractivity contribution in [3.8, 4) is 11.5 Å². The maximum absolute atomic E-state index is 12.2. The Hall–Kier alpha value is -2.06. The van der Waals surface area contributed by atoms with E-state index >= 15 is 0 Å². The summed E-state index contributed by atoms with van der Waals surface area (Å²) < 4.78 is 10.9. The summed E-state index contributed by atoms with van der Waals surface area (Å²) in [5.74, 6) is -0.340. The summed E-state index contributed by atoms with van der Waals surface area (Å²) in [6.45, 7) is 1.96. The smallest absolute Gasteiger partial charge is 0.323 e. The Kier molecular flexibility index (Phi) is 5.62. The monoisotopic (exact) mass is 353 g/mol. The number of carbonyl (C=O) groups excluding carboxylic acids is 1. The number of nitrogens with zero attached hydrogens (tertiary/aromatic N) is 1. The SMILES string of the molecule is CCOc1ccc(/C=C2\SC(=S)N(CC(=O)O)C2=O)cc1OC. The molecule has 1 amide bonds. The summed E-state index contributed by atoms with van der Waals surface area (Å²) in [5.41, 5.74) is 0.737. The molecule has 1 aliphatic rings. The van der Waals surface area contributed by atoms with Gasteiger partial charge in [0, 0.05) is 0 Å². The minimum absolute atomic E-state index is 0.238. The number of ether oxygens (including phenoxy) is 2. The molecule has 0 atom stereocenters. The van der Waals surface area contributed by atoms with Gasteiger partial charge in [-0.1, -0.05) is 30.0 Å². The second-order valence-corrected chi connectivity index (χ2v) is 6.18. The molecule has 1 heterocycles. The van der Waals surface area contributed by atoms with E-state index in [1.54, 1.807) is 24.3 Å². The van der Waals surface area contributed by atoms with Gasteiger partial charge in [-0.15, -0.1) is 0 Å². The van der Waals surface area contributed by atoms with Gasteiger partial charge in [-0.25, -0.2) is 0 Å². The van der Waals surface area contributed by atoms with Crippen molar-refractivity contribution >= 4 is 46.3 Å². The average molecular weight is 353 g/mol. The van der Waals surface area contributed by atoms with Gasteiger partial charge in [0.25, 0.3) is 5.91 Å². The standard InChI is InChI=1S/C15H15NO5S2/c1-3-21-10-5-4-9(6-11(10)20-2)7-12-14(19)16(8-13(17)18)15(22)23-12/h4-7H,3,8H2,1-2H3,(H,17,18)/b12-7-. The lowest BCUT2D eigenvalue weighted by atomic mass is 10.2. The molecule has 0 aromatic heterocycles. The highest BCUT2D eigenvalue weighted by Gasteiger charge is 2.33. The van der Waals surface area contributed by atoms with E-state index in [4.69, 9.17) is 26.8 Å². The Morgan fingerprint density at radius 2 is 2.17 bits per heavy atom.